The molecule has 560 valence electrons. The van der Waals surface area contributed by atoms with Gasteiger partial charge in [0.2, 0.25) is 0 Å². The number of hydrogen-bond acceptors (Lipinski definition) is 15. The van der Waals surface area contributed by atoms with Crippen molar-refractivity contribution in [2.45, 2.75) is 387 Å². The third-order valence-corrected chi connectivity index (χ3v) is 19.3. The van der Waals surface area contributed by atoms with Crippen LogP contribution in [-0.4, -0.2) is 96.7 Å². The summed E-state index contributed by atoms with van der Waals surface area (Å²) in [5, 5.41) is 10.6. The minimum absolute atomic E-state index is 0.101. The molecule has 19 heteroatoms. The first kappa shape index (κ1) is 92.5. The maximum atomic E-state index is 13.1. The molecule has 0 saturated heterocycles. The molecule has 0 bridgehead atoms. The molecule has 0 amide bonds. The molecule has 0 fully saturated rings. The number of esters is 4. The fraction of sp³-hybridized carbons (Fsp3) is 0.895. The van der Waals surface area contributed by atoms with E-state index in [4.69, 9.17) is 37.0 Å². The number of unbranched alkanes of at least 4 members (excludes halogenated alkanes) is 39. The number of carbonyl (C=O) groups is 4. The van der Waals surface area contributed by atoms with E-state index in [1.54, 1.807) is 0 Å². The van der Waals surface area contributed by atoms with E-state index in [0.717, 1.165) is 127 Å². The van der Waals surface area contributed by atoms with Crippen molar-refractivity contribution in [3.63, 3.8) is 0 Å². The summed E-state index contributed by atoms with van der Waals surface area (Å²) in [6, 6.07) is 0. The number of allylic oxidation sites excluding steroid dienone is 4. The minimum Gasteiger partial charge on any atom is -0.462 e. The lowest BCUT2D eigenvalue weighted by atomic mass is 10.00. The Hall–Kier alpha value is -2.46. The molecule has 17 nitrogen and oxygen atoms in total. The van der Waals surface area contributed by atoms with Crippen LogP contribution in [0.2, 0.25) is 0 Å². The van der Waals surface area contributed by atoms with Crippen LogP contribution in [0.1, 0.15) is 369 Å². The fourth-order valence-electron chi connectivity index (χ4n) is 11.1. The van der Waals surface area contributed by atoms with Crippen molar-refractivity contribution < 1.29 is 80.2 Å². The highest BCUT2D eigenvalue weighted by molar-refractivity contribution is 7.47. The summed E-state index contributed by atoms with van der Waals surface area (Å²) in [6.07, 6.45) is 57.8. The van der Waals surface area contributed by atoms with Crippen LogP contribution >= 0.6 is 15.6 Å². The van der Waals surface area contributed by atoms with Gasteiger partial charge in [0.15, 0.2) is 12.2 Å². The zero-order valence-electron chi connectivity index (χ0n) is 61.5. The number of aliphatic hydroxyl groups is 1. The highest BCUT2D eigenvalue weighted by atomic mass is 31.2. The van der Waals surface area contributed by atoms with Crippen LogP contribution in [0.3, 0.4) is 0 Å². The molecule has 0 aromatic carbocycles. The minimum atomic E-state index is -4.96. The molecule has 0 aliphatic heterocycles. The van der Waals surface area contributed by atoms with Gasteiger partial charge >= 0.3 is 39.5 Å². The Balaban J connectivity index is 5.28. The van der Waals surface area contributed by atoms with Crippen molar-refractivity contribution in [2.24, 2.45) is 11.8 Å². The highest BCUT2D eigenvalue weighted by Gasteiger charge is 2.30. The van der Waals surface area contributed by atoms with E-state index in [0.29, 0.717) is 25.7 Å². The van der Waals surface area contributed by atoms with Gasteiger partial charge in [-0.2, -0.15) is 0 Å². The molecular weight excluding hydrogens is 1250 g/mol. The number of hydrogen-bond donors (Lipinski definition) is 3. The number of phosphoric ester groups is 2. The molecule has 3 unspecified atom stereocenters. The van der Waals surface area contributed by atoms with Gasteiger partial charge in [0.05, 0.1) is 26.4 Å². The second kappa shape index (κ2) is 67.4. The second-order valence-corrected chi connectivity index (χ2v) is 30.3. The SMILES string of the molecule is CCCCCC/C=C\C=C/CCCCCCCC(=O)OC[C@H](COP(=O)(O)OC[C@@H](O)COP(=O)(O)OC[C@@H](COC(=O)CCCCCCCCC(C)CC)OC(=O)CCCCCCCCCCCC(C)C)OC(=O)CCCCCCCCCCCCCCCCCCCC. The van der Waals surface area contributed by atoms with E-state index in [2.05, 4.69) is 65.8 Å². The Morgan fingerprint density at radius 1 is 0.347 bits per heavy atom. The topological polar surface area (TPSA) is 237 Å². The van der Waals surface area contributed by atoms with Crippen molar-refractivity contribution in [1.29, 1.82) is 0 Å². The molecule has 95 heavy (non-hydrogen) atoms. The largest absolute Gasteiger partial charge is 0.472 e. The monoisotopic (exact) mass is 1390 g/mol. The van der Waals surface area contributed by atoms with Gasteiger partial charge in [0.25, 0.3) is 0 Å². The zero-order chi connectivity index (χ0) is 70.0. The van der Waals surface area contributed by atoms with Crippen molar-refractivity contribution in [1.82, 2.24) is 0 Å². The molecule has 0 heterocycles. The quantitative estimate of drug-likeness (QED) is 0.0169. The van der Waals surface area contributed by atoms with Gasteiger partial charge in [-0.25, -0.2) is 9.13 Å². The maximum Gasteiger partial charge on any atom is 0.472 e. The van der Waals surface area contributed by atoms with E-state index >= 15 is 0 Å². The Morgan fingerprint density at radius 2 is 0.621 bits per heavy atom. The number of phosphoric acid groups is 2. The molecule has 0 saturated carbocycles. The standard InChI is InChI=1S/C76H144O17P2/c1-7-10-12-14-16-18-20-22-24-25-26-28-30-32-36-40-48-54-60-75(80)92-71(64-86-73(78)58-52-46-39-35-31-29-27-23-21-19-17-15-13-11-8-2)66-90-94(82,83)88-62-70(77)63-89-95(84,85)91-67-72(65-87-74(79)59-53-47-43-42-45-51-57-69(6)9-3)93-76(81)61-55-49-41-37-33-34-38-44-50-56-68(4)5/h19,21,23,27,68-72,77H,7-18,20,22,24-26,28-67H2,1-6H3,(H,82,83)(H,84,85)/b21-19-,27-23-/t69?,70-,71-,72-/m1/s1. The van der Waals surface area contributed by atoms with E-state index in [1.165, 1.54) is 161 Å². The van der Waals surface area contributed by atoms with Gasteiger partial charge in [0.1, 0.15) is 19.3 Å². The summed E-state index contributed by atoms with van der Waals surface area (Å²) in [4.78, 5) is 72.8. The van der Waals surface area contributed by atoms with E-state index < -0.39 is 97.5 Å². The molecule has 0 radical (unpaired) electrons. The summed E-state index contributed by atoms with van der Waals surface area (Å²) >= 11 is 0. The molecule has 0 rings (SSSR count). The Bertz CT molecular complexity index is 1930. The normalized spacial score (nSPS) is 14.5. The summed E-state index contributed by atoms with van der Waals surface area (Å²) in [7, 11) is -9.92. The molecule has 0 aromatic rings. The maximum absolute atomic E-state index is 13.1. The smallest absolute Gasteiger partial charge is 0.462 e. The molecule has 6 atom stereocenters. The van der Waals surface area contributed by atoms with Gasteiger partial charge in [0, 0.05) is 25.7 Å². The Labute approximate surface area is 580 Å². The van der Waals surface area contributed by atoms with Crippen LogP contribution < -0.4 is 0 Å². The van der Waals surface area contributed by atoms with Crippen molar-refractivity contribution >= 4 is 39.5 Å². The van der Waals surface area contributed by atoms with Crippen LogP contribution in [0.25, 0.3) is 0 Å². The fourth-order valence-corrected chi connectivity index (χ4v) is 12.7. The first-order valence-corrected chi connectivity index (χ1v) is 41.8. The van der Waals surface area contributed by atoms with E-state index in [-0.39, 0.29) is 25.7 Å². The van der Waals surface area contributed by atoms with Crippen LogP contribution in [-0.2, 0) is 65.4 Å². The average Bonchev–Trinajstić information content (AvgIpc) is 1.41. The van der Waals surface area contributed by atoms with Gasteiger partial charge in [-0.15, -0.1) is 0 Å². The summed E-state index contributed by atoms with van der Waals surface area (Å²) in [5.41, 5.74) is 0. The van der Waals surface area contributed by atoms with Crippen molar-refractivity contribution in [2.75, 3.05) is 39.6 Å². The lowest BCUT2D eigenvalue weighted by Crippen LogP contribution is -2.30. The van der Waals surface area contributed by atoms with Crippen LogP contribution in [0.4, 0.5) is 0 Å². The molecule has 0 aliphatic rings. The van der Waals surface area contributed by atoms with Crippen molar-refractivity contribution in [3.05, 3.63) is 24.3 Å². The lowest BCUT2D eigenvalue weighted by molar-refractivity contribution is -0.161. The van der Waals surface area contributed by atoms with E-state index in [9.17, 15) is 43.2 Å². The third-order valence-electron chi connectivity index (χ3n) is 17.4. The van der Waals surface area contributed by atoms with Crippen LogP contribution in [0, 0.1) is 11.8 Å². The van der Waals surface area contributed by atoms with Gasteiger partial charge in [-0.1, -0.05) is 316 Å². The third kappa shape index (κ3) is 68.5. The Morgan fingerprint density at radius 3 is 0.947 bits per heavy atom. The zero-order valence-corrected chi connectivity index (χ0v) is 63.2. The predicted octanol–water partition coefficient (Wildman–Crippen LogP) is 21.9. The number of carbonyl (C=O) groups excluding carboxylic acids is 4. The summed E-state index contributed by atoms with van der Waals surface area (Å²) < 4.78 is 68.5. The Kier molecular flexibility index (Phi) is 65.6. The first-order valence-electron chi connectivity index (χ1n) is 38.8. The van der Waals surface area contributed by atoms with Crippen LogP contribution in [0.5, 0.6) is 0 Å². The molecular formula is C76H144O17P2. The molecule has 0 aliphatic carbocycles. The first-order chi connectivity index (χ1) is 45.9. The lowest BCUT2D eigenvalue weighted by Gasteiger charge is -2.21. The predicted molar refractivity (Wildman–Crippen MR) is 386 cm³/mol. The van der Waals surface area contributed by atoms with Crippen LogP contribution in [0.15, 0.2) is 24.3 Å². The van der Waals surface area contributed by atoms with Gasteiger partial charge in [-0.05, 0) is 63.2 Å². The van der Waals surface area contributed by atoms with E-state index in [1.807, 2.05) is 0 Å². The molecule has 0 spiro atoms. The molecule has 3 N–H and O–H groups in total. The second-order valence-electron chi connectivity index (χ2n) is 27.4. The van der Waals surface area contributed by atoms with Gasteiger partial charge in [-0.3, -0.25) is 37.3 Å². The summed E-state index contributed by atoms with van der Waals surface area (Å²) in [5.74, 6) is -0.684. The number of rotatable bonds is 73. The van der Waals surface area contributed by atoms with Gasteiger partial charge < -0.3 is 33.8 Å². The molecule has 0 aromatic heterocycles. The highest BCUT2D eigenvalue weighted by Crippen LogP contribution is 2.45. The number of aliphatic hydroxyl groups excluding tert-OH is 1. The number of ether oxygens (including phenoxy) is 4. The average molecular weight is 1390 g/mol. The summed E-state index contributed by atoms with van der Waals surface area (Å²) in [6.45, 7) is 9.46. The van der Waals surface area contributed by atoms with Crippen molar-refractivity contribution in [3.8, 4) is 0 Å².